The Balaban J connectivity index is 1.59. The van der Waals surface area contributed by atoms with Gasteiger partial charge in [0, 0.05) is 10.6 Å². The summed E-state index contributed by atoms with van der Waals surface area (Å²) < 4.78 is 6.71. The number of fused-ring (bicyclic) bond motifs is 1. The zero-order chi connectivity index (χ0) is 21.3. The number of halogens is 2. The minimum atomic E-state index is -0.319. The molecule has 1 aromatic heterocycles. The Hall–Kier alpha value is -2.60. The van der Waals surface area contributed by atoms with E-state index in [0.717, 1.165) is 26.4 Å². The van der Waals surface area contributed by atoms with Gasteiger partial charge in [0.05, 0.1) is 20.9 Å². The molecule has 152 valence electrons. The summed E-state index contributed by atoms with van der Waals surface area (Å²) in [6, 6.07) is 17.0. The number of nitrogens with one attached hydrogen (secondary N) is 1. The van der Waals surface area contributed by atoms with Gasteiger partial charge in [0.25, 0.3) is 5.91 Å². The molecule has 0 unspecified atom stereocenters. The summed E-state index contributed by atoms with van der Waals surface area (Å²) in [4.78, 5) is 17.3. The van der Waals surface area contributed by atoms with Crippen molar-refractivity contribution in [2.45, 2.75) is 13.8 Å². The van der Waals surface area contributed by atoms with Crippen LogP contribution in [0, 0.1) is 13.8 Å². The van der Waals surface area contributed by atoms with Crippen LogP contribution in [0.5, 0.6) is 5.75 Å². The number of carbonyl (C=O) groups excluding carboxylic acids is 1. The molecular weight excluding hydrogens is 439 g/mol. The molecule has 1 heterocycles. The van der Waals surface area contributed by atoms with Crippen molar-refractivity contribution in [3.63, 3.8) is 0 Å². The van der Waals surface area contributed by atoms with Crippen molar-refractivity contribution in [1.29, 1.82) is 0 Å². The summed E-state index contributed by atoms with van der Waals surface area (Å²) in [5, 5.41) is 4.40. The molecule has 0 saturated carbocycles. The van der Waals surface area contributed by atoms with E-state index in [-0.39, 0.29) is 12.5 Å². The van der Waals surface area contributed by atoms with Crippen LogP contribution in [0.15, 0.2) is 54.6 Å². The summed E-state index contributed by atoms with van der Waals surface area (Å²) in [7, 11) is 0. The number of aryl methyl sites for hydroxylation is 2. The summed E-state index contributed by atoms with van der Waals surface area (Å²) in [6.45, 7) is 3.83. The molecular formula is C23H18Cl2N2O2S. The molecule has 1 amide bonds. The molecule has 0 spiro atoms. The van der Waals surface area contributed by atoms with Crippen molar-refractivity contribution in [3.05, 3.63) is 75.8 Å². The van der Waals surface area contributed by atoms with Gasteiger partial charge in [-0.25, -0.2) is 4.98 Å². The number of hydrogen-bond donors (Lipinski definition) is 1. The Morgan fingerprint density at radius 2 is 1.80 bits per heavy atom. The van der Waals surface area contributed by atoms with E-state index in [1.165, 1.54) is 11.3 Å². The second-order valence-corrected chi connectivity index (χ2v) is 8.83. The molecule has 4 rings (SSSR count). The quantitative estimate of drug-likeness (QED) is 0.355. The third-order valence-corrected chi connectivity index (χ3v) is 5.99. The molecule has 0 fully saturated rings. The first-order valence-electron chi connectivity index (χ1n) is 9.25. The van der Waals surface area contributed by atoms with Crippen LogP contribution < -0.4 is 10.1 Å². The highest BCUT2D eigenvalue weighted by Crippen LogP contribution is 2.40. The maximum absolute atomic E-state index is 12.6. The van der Waals surface area contributed by atoms with E-state index in [0.29, 0.717) is 27.0 Å². The Labute approximate surface area is 188 Å². The number of hydrogen-bond acceptors (Lipinski definition) is 4. The molecule has 1 N–H and O–H groups in total. The lowest BCUT2D eigenvalue weighted by molar-refractivity contribution is -0.118. The average Bonchev–Trinajstić information content (AvgIpc) is 3.11. The third-order valence-electron chi connectivity index (χ3n) is 4.41. The number of thiazole rings is 1. The zero-order valence-corrected chi connectivity index (χ0v) is 18.7. The number of rotatable bonds is 5. The van der Waals surface area contributed by atoms with E-state index in [9.17, 15) is 4.79 Å². The number of anilines is 1. The van der Waals surface area contributed by atoms with Crippen molar-refractivity contribution in [2.75, 3.05) is 11.9 Å². The predicted octanol–water partition coefficient (Wildman–Crippen LogP) is 6.90. The lowest BCUT2D eigenvalue weighted by atomic mass is 10.1. The number of para-hydroxylation sites is 1. The summed E-state index contributed by atoms with van der Waals surface area (Å²) >= 11 is 14.2. The average molecular weight is 457 g/mol. The van der Waals surface area contributed by atoms with Crippen molar-refractivity contribution < 1.29 is 9.53 Å². The Morgan fingerprint density at radius 1 is 1.07 bits per heavy atom. The molecule has 0 radical (unpaired) electrons. The van der Waals surface area contributed by atoms with Crippen LogP contribution in [0.3, 0.4) is 0 Å². The Morgan fingerprint density at radius 3 is 2.53 bits per heavy atom. The van der Waals surface area contributed by atoms with Gasteiger partial charge in [-0.3, -0.25) is 4.79 Å². The van der Waals surface area contributed by atoms with Crippen LogP contribution in [0.4, 0.5) is 5.69 Å². The Bertz CT molecular complexity index is 1200. The monoisotopic (exact) mass is 456 g/mol. The van der Waals surface area contributed by atoms with Crippen LogP contribution in [-0.4, -0.2) is 17.5 Å². The molecule has 30 heavy (non-hydrogen) atoms. The molecule has 0 aliphatic carbocycles. The van der Waals surface area contributed by atoms with Crippen LogP contribution in [-0.2, 0) is 4.79 Å². The minimum absolute atomic E-state index is 0.138. The summed E-state index contributed by atoms with van der Waals surface area (Å²) in [5.74, 6) is 0.331. The highest BCUT2D eigenvalue weighted by molar-refractivity contribution is 7.21. The lowest BCUT2D eigenvalue weighted by Crippen LogP contribution is -2.21. The van der Waals surface area contributed by atoms with E-state index < -0.39 is 0 Å². The lowest BCUT2D eigenvalue weighted by Gasteiger charge is -2.13. The number of amides is 1. The van der Waals surface area contributed by atoms with Crippen molar-refractivity contribution in [2.24, 2.45) is 0 Å². The smallest absolute Gasteiger partial charge is 0.262 e. The Kier molecular flexibility index (Phi) is 5.95. The first-order valence-corrected chi connectivity index (χ1v) is 10.8. The SMILES string of the molecule is Cc1cc(C)cc(OCC(=O)Nc2c(Cl)cc(Cl)cc2-c2nc3ccccc3s2)c1. The van der Waals surface area contributed by atoms with Gasteiger partial charge in [-0.05, 0) is 61.4 Å². The highest BCUT2D eigenvalue weighted by Gasteiger charge is 2.17. The summed E-state index contributed by atoms with van der Waals surface area (Å²) in [5.41, 5.74) is 4.17. The number of nitrogens with zero attached hydrogens (tertiary/aromatic N) is 1. The van der Waals surface area contributed by atoms with Crippen LogP contribution in [0.2, 0.25) is 10.0 Å². The first kappa shape index (κ1) is 20.7. The molecule has 0 atom stereocenters. The number of aromatic nitrogens is 1. The fourth-order valence-corrected chi connectivity index (χ4v) is 4.73. The van der Waals surface area contributed by atoms with E-state index in [1.807, 2.05) is 56.3 Å². The van der Waals surface area contributed by atoms with Gasteiger partial charge < -0.3 is 10.1 Å². The topological polar surface area (TPSA) is 51.2 Å². The largest absolute Gasteiger partial charge is 0.484 e. The fourth-order valence-electron chi connectivity index (χ4n) is 3.20. The van der Waals surface area contributed by atoms with E-state index in [1.54, 1.807) is 12.1 Å². The molecule has 0 aliphatic rings. The molecule has 0 saturated heterocycles. The van der Waals surface area contributed by atoms with E-state index in [4.69, 9.17) is 27.9 Å². The van der Waals surface area contributed by atoms with Gasteiger partial charge in [-0.15, -0.1) is 11.3 Å². The van der Waals surface area contributed by atoms with Gasteiger partial charge in [0.15, 0.2) is 6.61 Å². The van der Waals surface area contributed by atoms with Crippen LogP contribution in [0.25, 0.3) is 20.8 Å². The molecule has 0 bridgehead atoms. The van der Waals surface area contributed by atoms with E-state index in [2.05, 4.69) is 10.3 Å². The standard InChI is InChI=1S/C23H18Cl2N2O2S/c1-13-7-14(2)9-16(8-13)29-12-21(28)27-22-17(10-15(24)11-18(22)25)23-26-19-5-3-4-6-20(19)30-23/h3-11H,12H2,1-2H3,(H,27,28). The van der Waals surface area contributed by atoms with Crippen LogP contribution in [0.1, 0.15) is 11.1 Å². The highest BCUT2D eigenvalue weighted by atomic mass is 35.5. The van der Waals surface area contributed by atoms with Gasteiger partial charge >= 0.3 is 0 Å². The number of benzene rings is 3. The normalized spacial score (nSPS) is 10.9. The molecule has 4 aromatic rings. The van der Waals surface area contributed by atoms with Gasteiger partial charge in [-0.2, -0.15) is 0 Å². The maximum Gasteiger partial charge on any atom is 0.262 e. The second kappa shape index (κ2) is 8.64. The van der Waals surface area contributed by atoms with Crippen molar-refractivity contribution in [1.82, 2.24) is 4.98 Å². The first-order chi connectivity index (χ1) is 14.4. The van der Waals surface area contributed by atoms with Crippen molar-refractivity contribution in [3.8, 4) is 16.3 Å². The van der Waals surface area contributed by atoms with E-state index >= 15 is 0 Å². The van der Waals surface area contributed by atoms with Gasteiger partial charge in [0.2, 0.25) is 0 Å². The summed E-state index contributed by atoms with van der Waals surface area (Å²) in [6.07, 6.45) is 0. The number of carbonyl (C=O) groups is 1. The minimum Gasteiger partial charge on any atom is -0.484 e. The third kappa shape index (κ3) is 4.59. The van der Waals surface area contributed by atoms with Crippen molar-refractivity contribution >= 4 is 56.3 Å². The number of ether oxygens (including phenoxy) is 1. The predicted molar refractivity (Wildman–Crippen MR) is 125 cm³/mol. The second-order valence-electron chi connectivity index (χ2n) is 6.96. The zero-order valence-electron chi connectivity index (χ0n) is 16.3. The fraction of sp³-hybridized carbons (Fsp3) is 0.130. The molecule has 7 heteroatoms. The maximum atomic E-state index is 12.6. The molecule has 3 aromatic carbocycles. The van der Waals surface area contributed by atoms with Gasteiger partial charge in [0.1, 0.15) is 10.8 Å². The van der Waals surface area contributed by atoms with Crippen LogP contribution >= 0.6 is 34.5 Å². The molecule has 0 aliphatic heterocycles. The van der Waals surface area contributed by atoms with Gasteiger partial charge in [-0.1, -0.05) is 41.4 Å². The molecule has 4 nitrogen and oxygen atoms in total.